The first-order valence-electron chi connectivity index (χ1n) is 9.70. The number of nitrogens with zero attached hydrogens (tertiary/aromatic N) is 1. The summed E-state index contributed by atoms with van der Waals surface area (Å²) in [7, 11) is 3.19. The number of nitrogens with one attached hydrogen (secondary N) is 1. The normalized spacial score (nSPS) is 14.4. The molecule has 1 N–H and O–H groups in total. The molecule has 1 saturated heterocycles. The minimum absolute atomic E-state index is 0.167. The molecule has 0 atom stereocenters. The minimum atomic E-state index is -0.167. The monoisotopic (exact) mass is 380 g/mol. The smallest absolute Gasteiger partial charge is 0.248 e. The van der Waals surface area contributed by atoms with Crippen molar-refractivity contribution in [1.82, 2.24) is 4.90 Å². The van der Waals surface area contributed by atoms with E-state index in [1.807, 2.05) is 30.3 Å². The third-order valence-corrected chi connectivity index (χ3v) is 4.97. The molecule has 0 saturated carbocycles. The van der Waals surface area contributed by atoms with Gasteiger partial charge >= 0.3 is 0 Å². The van der Waals surface area contributed by atoms with E-state index < -0.39 is 0 Å². The van der Waals surface area contributed by atoms with Crippen molar-refractivity contribution in [3.8, 4) is 11.5 Å². The van der Waals surface area contributed by atoms with Gasteiger partial charge in [-0.1, -0.05) is 18.2 Å². The molecule has 0 aliphatic carbocycles. The zero-order valence-corrected chi connectivity index (χ0v) is 16.6. The Bertz CT molecular complexity index is 809. The second kappa shape index (κ2) is 9.95. The molecule has 148 valence electrons. The van der Waals surface area contributed by atoms with Crippen LogP contribution in [0.1, 0.15) is 24.0 Å². The van der Waals surface area contributed by atoms with E-state index in [1.54, 1.807) is 20.3 Å². The van der Waals surface area contributed by atoms with Crippen LogP contribution < -0.4 is 14.8 Å². The predicted molar refractivity (Wildman–Crippen MR) is 113 cm³/mol. The van der Waals surface area contributed by atoms with E-state index in [0.29, 0.717) is 11.5 Å². The number of carbonyl (C=O) groups excluding carboxylic acids is 1. The van der Waals surface area contributed by atoms with Gasteiger partial charge in [-0.2, -0.15) is 0 Å². The van der Waals surface area contributed by atoms with E-state index in [0.717, 1.165) is 24.2 Å². The summed E-state index contributed by atoms with van der Waals surface area (Å²) in [5.41, 5.74) is 2.96. The number of benzene rings is 2. The zero-order valence-electron chi connectivity index (χ0n) is 16.6. The molecule has 1 heterocycles. The van der Waals surface area contributed by atoms with Gasteiger partial charge in [0.1, 0.15) is 0 Å². The number of amides is 1. The van der Waals surface area contributed by atoms with Crippen LogP contribution in [0.15, 0.2) is 48.5 Å². The lowest BCUT2D eigenvalue weighted by Crippen LogP contribution is -2.21. The van der Waals surface area contributed by atoms with Gasteiger partial charge in [0.15, 0.2) is 11.5 Å². The Hall–Kier alpha value is -2.79. The summed E-state index contributed by atoms with van der Waals surface area (Å²) in [4.78, 5) is 14.7. The van der Waals surface area contributed by atoms with E-state index >= 15 is 0 Å². The zero-order chi connectivity index (χ0) is 19.8. The molecule has 0 unspecified atom stereocenters. The molecule has 0 aromatic heterocycles. The Morgan fingerprint density at radius 1 is 1.04 bits per heavy atom. The van der Waals surface area contributed by atoms with Gasteiger partial charge in [0.05, 0.1) is 14.2 Å². The highest BCUT2D eigenvalue weighted by Gasteiger charge is 2.10. The van der Waals surface area contributed by atoms with Crippen molar-refractivity contribution in [2.75, 3.05) is 39.2 Å². The van der Waals surface area contributed by atoms with Crippen molar-refractivity contribution < 1.29 is 14.3 Å². The maximum absolute atomic E-state index is 12.2. The summed E-state index contributed by atoms with van der Waals surface area (Å²) in [6, 6.07) is 13.6. The Morgan fingerprint density at radius 3 is 2.43 bits per heavy atom. The van der Waals surface area contributed by atoms with Crippen molar-refractivity contribution in [3.63, 3.8) is 0 Å². The van der Waals surface area contributed by atoms with Gasteiger partial charge in [-0.25, -0.2) is 0 Å². The summed E-state index contributed by atoms with van der Waals surface area (Å²) in [5.74, 6) is 1.13. The van der Waals surface area contributed by atoms with Crippen molar-refractivity contribution in [1.29, 1.82) is 0 Å². The fraction of sp³-hybridized carbons (Fsp3) is 0.348. The van der Waals surface area contributed by atoms with Crippen LogP contribution in [-0.2, 0) is 11.2 Å². The number of ether oxygens (including phenoxy) is 2. The van der Waals surface area contributed by atoms with Gasteiger partial charge in [0.2, 0.25) is 5.91 Å². The molecule has 1 amide bonds. The van der Waals surface area contributed by atoms with Crippen LogP contribution in [0, 0.1) is 0 Å². The standard InChI is InChI=1S/C23H28N2O3/c1-27-21-11-7-19(17-22(21)28-2)8-12-23(26)24-20-9-5-18(6-10-20)13-16-25-14-3-4-15-25/h5-12,17H,3-4,13-16H2,1-2H3,(H,24,26)/b12-8+. The van der Waals surface area contributed by atoms with Crippen LogP contribution in [0.4, 0.5) is 5.69 Å². The van der Waals surface area contributed by atoms with Crippen LogP contribution in [-0.4, -0.2) is 44.7 Å². The average Bonchev–Trinajstić information content (AvgIpc) is 3.25. The minimum Gasteiger partial charge on any atom is -0.493 e. The van der Waals surface area contributed by atoms with Gasteiger partial charge in [-0.3, -0.25) is 4.79 Å². The maximum atomic E-state index is 12.2. The van der Waals surface area contributed by atoms with Crippen LogP contribution in [0.5, 0.6) is 11.5 Å². The Morgan fingerprint density at radius 2 is 1.75 bits per heavy atom. The second-order valence-electron chi connectivity index (χ2n) is 6.93. The van der Waals surface area contributed by atoms with E-state index in [4.69, 9.17) is 9.47 Å². The number of hydrogen-bond acceptors (Lipinski definition) is 4. The second-order valence-corrected chi connectivity index (χ2v) is 6.93. The van der Waals surface area contributed by atoms with Crippen molar-refractivity contribution in [2.45, 2.75) is 19.3 Å². The fourth-order valence-electron chi connectivity index (χ4n) is 3.36. The molecule has 3 rings (SSSR count). The van der Waals surface area contributed by atoms with Gasteiger partial charge in [0.25, 0.3) is 0 Å². The third kappa shape index (κ3) is 5.60. The summed E-state index contributed by atoms with van der Waals surface area (Å²) in [5, 5.41) is 2.90. The van der Waals surface area contributed by atoms with Crippen LogP contribution >= 0.6 is 0 Å². The molecule has 0 bridgehead atoms. The summed E-state index contributed by atoms with van der Waals surface area (Å²) in [6.45, 7) is 3.56. The maximum Gasteiger partial charge on any atom is 0.248 e. The lowest BCUT2D eigenvalue weighted by Gasteiger charge is -2.14. The summed E-state index contributed by atoms with van der Waals surface area (Å²) in [6.07, 6.45) is 6.96. The van der Waals surface area contributed by atoms with Gasteiger partial charge in [-0.05, 0) is 73.8 Å². The Kier molecular flexibility index (Phi) is 7.09. The molecule has 1 fully saturated rings. The van der Waals surface area contributed by atoms with Crippen LogP contribution in [0.25, 0.3) is 6.08 Å². The number of carbonyl (C=O) groups is 1. The first-order valence-corrected chi connectivity index (χ1v) is 9.70. The molecular formula is C23H28N2O3. The predicted octanol–water partition coefficient (Wildman–Crippen LogP) is 3.99. The quantitative estimate of drug-likeness (QED) is 0.704. The molecule has 28 heavy (non-hydrogen) atoms. The van der Waals surface area contributed by atoms with Gasteiger partial charge in [-0.15, -0.1) is 0 Å². The average molecular weight is 380 g/mol. The van der Waals surface area contributed by atoms with Crippen LogP contribution in [0.3, 0.4) is 0 Å². The SMILES string of the molecule is COc1ccc(/C=C/C(=O)Nc2ccc(CCN3CCCC3)cc2)cc1OC. The van der Waals surface area contributed by atoms with Crippen molar-refractivity contribution in [2.24, 2.45) is 0 Å². The molecule has 0 radical (unpaired) electrons. The number of rotatable bonds is 8. The first-order chi connectivity index (χ1) is 13.7. The summed E-state index contributed by atoms with van der Waals surface area (Å²) >= 11 is 0. The highest BCUT2D eigenvalue weighted by atomic mass is 16.5. The largest absolute Gasteiger partial charge is 0.493 e. The van der Waals surface area contributed by atoms with Gasteiger partial charge < -0.3 is 19.7 Å². The lowest BCUT2D eigenvalue weighted by atomic mass is 10.1. The third-order valence-electron chi connectivity index (χ3n) is 4.97. The molecule has 2 aromatic carbocycles. The number of methoxy groups -OCH3 is 2. The van der Waals surface area contributed by atoms with Gasteiger partial charge in [0, 0.05) is 18.3 Å². The molecule has 0 spiro atoms. The Labute approximate surface area is 167 Å². The Balaban J connectivity index is 1.52. The molecule has 1 aliphatic heterocycles. The molecule has 5 heteroatoms. The number of hydrogen-bond donors (Lipinski definition) is 1. The highest BCUT2D eigenvalue weighted by molar-refractivity contribution is 6.01. The molecule has 1 aliphatic rings. The fourth-order valence-corrected chi connectivity index (χ4v) is 3.36. The lowest BCUT2D eigenvalue weighted by molar-refractivity contribution is -0.111. The van der Waals surface area contributed by atoms with E-state index in [-0.39, 0.29) is 5.91 Å². The molecular weight excluding hydrogens is 352 g/mol. The first kappa shape index (κ1) is 20.0. The van der Waals surface area contributed by atoms with Crippen molar-refractivity contribution >= 4 is 17.7 Å². The number of likely N-dealkylation sites (tertiary alicyclic amines) is 1. The molecule has 5 nitrogen and oxygen atoms in total. The van der Waals surface area contributed by atoms with Crippen molar-refractivity contribution in [3.05, 3.63) is 59.7 Å². The van der Waals surface area contributed by atoms with E-state index in [2.05, 4.69) is 22.3 Å². The molecule has 2 aromatic rings. The van der Waals surface area contributed by atoms with E-state index in [9.17, 15) is 4.79 Å². The number of anilines is 1. The topological polar surface area (TPSA) is 50.8 Å². The van der Waals surface area contributed by atoms with E-state index in [1.165, 1.54) is 37.6 Å². The summed E-state index contributed by atoms with van der Waals surface area (Å²) < 4.78 is 10.5. The highest BCUT2D eigenvalue weighted by Crippen LogP contribution is 2.28. The van der Waals surface area contributed by atoms with Crippen LogP contribution in [0.2, 0.25) is 0 Å².